The second kappa shape index (κ2) is 14.7. The van der Waals surface area contributed by atoms with Crippen molar-refractivity contribution in [3.8, 4) is 56.7 Å². The Labute approximate surface area is 379 Å². The minimum Gasteiger partial charge on any atom is -0.307 e. The van der Waals surface area contributed by atoms with E-state index in [9.17, 15) is 0 Å². The summed E-state index contributed by atoms with van der Waals surface area (Å²) in [5, 5.41) is 4.64. The van der Waals surface area contributed by atoms with E-state index in [1.54, 1.807) is 0 Å². The molecular formula is C60H49N5. The van der Waals surface area contributed by atoms with Gasteiger partial charge in [0.1, 0.15) is 0 Å². The van der Waals surface area contributed by atoms with Crippen molar-refractivity contribution in [1.29, 1.82) is 0 Å². The van der Waals surface area contributed by atoms with E-state index < -0.39 is 0 Å². The van der Waals surface area contributed by atoms with Crippen molar-refractivity contribution in [2.24, 2.45) is 5.92 Å². The van der Waals surface area contributed by atoms with Crippen LogP contribution in [0.5, 0.6) is 0 Å². The van der Waals surface area contributed by atoms with Crippen LogP contribution in [0.3, 0.4) is 0 Å². The third kappa shape index (κ3) is 6.24. The summed E-state index contributed by atoms with van der Waals surface area (Å²) >= 11 is 0. The molecule has 1 aliphatic carbocycles. The van der Waals surface area contributed by atoms with E-state index in [1.165, 1.54) is 45.0 Å². The minimum absolute atomic E-state index is 0.112. The van der Waals surface area contributed by atoms with Gasteiger partial charge in [0.05, 0.1) is 22.1 Å². The molecule has 0 aliphatic heterocycles. The number of nitrogens with zero attached hydrogens (tertiary/aromatic N) is 5. The summed E-state index contributed by atoms with van der Waals surface area (Å²) in [6, 6.07) is 67.6. The van der Waals surface area contributed by atoms with Crippen LogP contribution in [0, 0.1) is 5.92 Å². The van der Waals surface area contributed by atoms with Crippen molar-refractivity contribution in [2.75, 3.05) is 0 Å². The molecule has 3 heterocycles. The summed E-state index contributed by atoms with van der Waals surface area (Å²) in [5.74, 6) is 2.42. The van der Waals surface area contributed by atoms with Crippen molar-refractivity contribution in [1.82, 2.24) is 24.1 Å². The van der Waals surface area contributed by atoms with Crippen molar-refractivity contribution in [2.45, 2.75) is 51.9 Å². The Hall–Kier alpha value is -7.63. The van der Waals surface area contributed by atoms with E-state index in [1.807, 2.05) is 24.3 Å². The molecular weight excluding hydrogens is 791 g/mol. The van der Waals surface area contributed by atoms with Gasteiger partial charge in [0.2, 0.25) is 5.95 Å². The van der Waals surface area contributed by atoms with E-state index in [0.29, 0.717) is 23.5 Å². The molecule has 1 unspecified atom stereocenters. The van der Waals surface area contributed by atoms with Crippen molar-refractivity contribution in [3.63, 3.8) is 0 Å². The molecule has 12 rings (SSSR count). The molecule has 0 N–H and O–H groups in total. The first kappa shape index (κ1) is 39.0. The van der Waals surface area contributed by atoms with Gasteiger partial charge in [-0.3, -0.25) is 4.57 Å². The summed E-state index contributed by atoms with van der Waals surface area (Å²) in [6.07, 6.45) is 1.18. The lowest BCUT2D eigenvalue weighted by Gasteiger charge is -2.46. The standard InChI is InChI=1S/C60H49N5/c1-38-37-59(2,3)51-36-44(30-35-50(51)60(38,4)5)41-28-31-45(32-29-41)64-52-22-14-12-20-46(52)48-33-34-49-47-21-13-15-23-53(47)65(55(49)54(48)64)58-62-56(42-18-10-7-11-19-42)61-57(63-58)43-26-24-40(25-27-43)39-16-8-6-9-17-39/h6-36,38H,37H2,1-5H3. The maximum atomic E-state index is 5.37. The second-order valence-corrected chi connectivity index (χ2v) is 19.2. The second-order valence-electron chi connectivity index (χ2n) is 19.2. The number of hydrogen-bond acceptors (Lipinski definition) is 3. The zero-order valence-electron chi connectivity index (χ0n) is 37.4. The topological polar surface area (TPSA) is 48.5 Å². The summed E-state index contributed by atoms with van der Waals surface area (Å²) in [5.41, 5.74) is 15.3. The van der Waals surface area contributed by atoms with E-state index in [-0.39, 0.29) is 10.8 Å². The van der Waals surface area contributed by atoms with Crippen molar-refractivity contribution < 1.29 is 0 Å². The smallest absolute Gasteiger partial charge is 0.238 e. The monoisotopic (exact) mass is 839 g/mol. The number of para-hydroxylation sites is 2. The van der Waals surface area contributed by atoms with Gasteiger partial charge >= 0.3 is 0 Å². The zero-order valence-corrected chi connectivity index (χ0v) is 37.4. The highest BCUT2D eigenvalue weighted by atomic mass is 15.2. The molecule has 1 aliphatic rings. The fourth-order valence-electron chi connectivity index (χ4n) is 10.8. The van der Waals surface area contributed by atoms with E-state index in [2.05, 4.69) is 208 Å². The lowest BCUT2D eigenvalue weighted by atomic mass is 9.58. The molecule has 3 aromatic heterocycles. The molecule has 1 atom stereocenters. The first-order valence-corrected chi connectivity index (χ1v) is 22.8. The maximum absolute atomic E-state index is 5.37. The highest BCUT2D eigenvalue weighted by Gasteiger charge is 2.42. The van der Waals surface area contributed by atoms with Crippen LogP contribution >= 0.6 is 0 Å². The summed E-state index contributed by atoms with van der Waals surface area (Å²) in [6.45, 7) is 12.1. The molecule has 0 bridgehead atoms. The summed E-state index contributed by atoms with van der Waals surface area (Å²) in [4.78, 5) is 15.8. The normalized spacial score (nSPS) is 15.5. The van der Waals surface area contributed by atoms with Crippen LogP contribution in [0.1, 0.15) is 52.2 Å². The number of fused-ring (bicyclic) bond motifs is 8. The van der Waals surface area contributed by atoms with Gasteiger partial charge < -0.3 is 4.57 Å². The molecule has 11 aromatic rings. The highest BCUT2D eigenvalue weighted by Crippen LogP contribution is 2.50. The molecule has 0 saturated heterocycles. The third-order valence-electron chi connectivity index (χ3n) is 14.5. The molecule has 0 saturated carbocycles. The zero-order chi connectivity index (χ0) is 44.0. The van der Waals surface area contributed by atoms with Crippen LogP contribution in [-0.2, 0) is 10.8 Å². The first-order chi connectivity index (χ1) is 31.6. The highest BCUT2D eigenvalue weighted by molar-refractivity contribution is 6.23. The van der Waals surface area contributed by atoms with Crippen LogP contribution < -0.4 is 0 Å². The van der Waals surface area contributed by atoms with Crippen LogP contribution in [0.4, 0.5) is 0 Å². The molecule has 8 aromatic carbocycles. The van der Waals surface area contributed by atoms with Crippen molar-refractivity contribution >= 4 is 43.6 Å². The Morgan fingerprint density at radius 3 is 1.51 bits per heavy atom. The molecule has 0 fully saturated rings. The lowest BCUT2D eigenvalue weighted by molar-refractivity contribution is 0.233. The molecule has 0 spiro atoms. The molecule has 5 heteroatoms. The number of aromatic nitrogens is 5. The average molecular weight is 840 g/mol. The predicted molar refractivity (Wildman–Crippen MR) is 270 cm³/mol. The lowest BCUT2D eigenvalue weighted by Crippen LogP contribution is -2.40. The number of hydrogen-bond donors (Lipinski definition) is 0. The van der Waals surface area contributed by atoms with Gasteiger partial charge in [-0.2, -0.15) is 9.97 Å². The number of rotatable bonds is 6. The van der Waals surface area contributed by atoms with E-state index >= 15 is 0 Å². The van der Waals surface area contributed by atoms with Gasteiger partial charge in [0.25, 0.3) is 0 Å². The quantitative estimate of drug-likeness (QED) is 0.168. The Kier molecular flexibility index (Phi) is 8.83. The molecule has 65 heavy (non-hydrogen) atoms. The fraction of sp³-hybridized carbons (Fsp3) is 0.150. The summed E-state index contributed by atoms with van der Waals surface area (Å²) in [7, 11) is 0. The Bertz CT molecular complexity index is 3610. The van der Waals surface area contributed by atoms with Gasteiger partial charge in [0.15, 0.2) is 11.6 Å². The van der Waals surface area contributed by atoms with Crippen LogP contribution in [-0.4, -0.2) is 24.1 Å². The van der Waals surface area contributed by atoms with Gasteiger partial charge in [-0.25, -0.2) is 4.98 Å². The van der Waals surface area contributed by atoms with Crippen molar-refractivity contribution in [3.05, 3.63) is 199 Å². The number of benzene rings is 8. The molecule has 0 radical (unpaired) electrons. The Morgan fingerprint density at radius 1 is 0.415 bits per heavy atom. The average Bonchev–Trinajstić information content (AvgIpc) is 3.87. The SMILES string of the molecule is CC1CC(C)(C)c2cc(-c3ccc(-n4c5ccccc5c5ccc6c7ccccc7n(-c7nc(-c8ccccc8)nc(-c8ccc(-c9ccccc9)cc8)n7)c6c54)cc3)ccc2C1(C)C. The molecule has 5 nitrogen and oxygen atoms in total. The van der Waals surface area contributed by atoms with Gasteiger partial charge in [-0.15, -0.1) is 0 Å². The fourth-order valence-corrected chi connectivity index (χ4v) is 10.8. The van der Waals surface area contributed by atoms with Crippen LogP contribution in [0.15, 0.2) is 188 Å². The maximum Gasteiger partial charge on any atom is 0.238 e. The predicted octanol–water partition coefficient (Wildman–Crippen LogP) is 15.3. The first-order valence-electron chi connectivity index (χ1n) is 22.8. The van der Waals surface area contributed by atoms with Gasteiger partial charge in [-0.1, -0.05) is 198 Å². The minimum atomic E-state index is 0.112. The molecule has 0 amide bonds. The van der Waals surface area contributed by atoms with E-state index in [4.69, 9.17) is 15.0 Å². The largest absolute Gasteiger partial charge is 0.307 e. The Morgan fingerprint density at radius 2 is 0.877 bits per heavy atom. The third-order valence-corrected chi connectivity index (χ3v) is 14.5. The van der Waals surface area contributed by atoms with Crippen LogP contribution in [0.25, 0.3) is 100 Å². The Balaban J connectivity index is 1.08. The van der Waals surface area contributed by atoms with Gasteiger partial charge in [0, 0.05) is 38.4 Å². The summed E-state index contributed by atoms with van der Waals surface area (Å²) < 4.78 is 4.71. The van der Waals surface area contributed by atoms with E-state index in [0.717, 1.165) is 55.2 Å². The van der Waals surface area contributed by atoms with Crippen LogP contribution in [0.2, 0.25) is 0 Å². The van der Waals surface area contributed by atoms with Gasteiger partial charge in [-0.05, 0) is 80.8 Å². The molecule has 314 valence electrons.